The van der Waals surface area contributed by atoms with Crippen LogP contribution in [0.2, 0.25) is 0 Å². The van der Waals surface area contributed by atoms with Gasteiger partial charge < -0.3 is 15.4 Å². The number of nitrogens with two attached hydrogens (primary N) is 1. The Bertz CT molecular complexity index is 411. The van der Waals surface area contributed by atoms with Crippen molar-refractivity contribution in [3.63, 3.8) is 0 Å². The van der Waals surface area contributed by atoms with E-state index in [9.17, 15) is 9.18 Å². The number of cyclic esters (lactones) is 1. The predicted molar refractivity (Wildman–Crippen MR) is 61.0 cm³/mol. The van der Waals surface area contributed by atoms with Gasteiger partial charge in [-0.15, -0.1) is 0 Å². The van der Waals surface area contributed by atoms with Crippen LogP contribution in [-0.2, 0) is 11.2 Å². The van der Waals surface area contributed by atoms with Crippen LogP contribution in [0.25, 0.3) is 0 Å². The Morgan fingerprint density at radius 1 is 1.47 bits per heavy atom. The molecule has 1 amide bonds. The predicted octanol–water partition coefficient (Wildman–Crippen LogP) is 1.15. The van der Waals surface area contributed by atoms with E-state index in [1.54, 1.807) is 23.1 Å². The molecule has 4 nitrogen and oxygen atoms in total. The van der Waals surface area contributed by atoms with Crippen molar-refractivity contribution in [2.24, 2.45) is 5.73 Å². The zero-order valence-corrected chi connectivity index (χ0v) is 9.43. The minimum atomic E-state index is -0.364. The molecule has 5 heteroatoms. The van der Waals surface area contributed by atoms with Crippen LogP contribution in [0.15, 0.2) is 24.3 Å². The number of nitrogens with zero attached hydrogens (tertiary/aromatic N) is 1. The lowest BCUT2D eigenvalue weighted by Gasteiger charge is -2.20. The van der Waals surface area contributed by atoms with Gasteiger partial charge in [0.1, 0.15) is 12.4 Å². The van der Waals surface area contributed by atoms with Gasteiger partial charge in [-0.1, -0.05) is 18.2 Å². The second-order valence-corrected chi connectivity index (χ2v) is 4.01. The van der Waals surface area contributed by atoms with Gasteiger partial charge in [-0.05, 0) is 18.1 Å². The number of hydrogen-bond donors (Lipinski definition) is 1. The molecule has 0 aromatic heterocycles. The van der Waals surface area contributed by atoms with Crippen molar-refractivity contribution < 1.29 is 13.9 Å². The monoisotopic (exact) mass is 238 g/mol. The van der Waals surface area contributed by atoms with Gasteiger partial charge in [0.25, 0.3) is 0 Å². The average Bonchev–Trinajstić information content (AvgIpc) is 2.65. The first-order valence-electron chi connectivity index (χ1n) is 5.59. The fraction of sp³-hybridized carbons (Fsp3) is 0.417. The number of ether oxygens (including phenoxy) is 1. The standard InChI is InChI=1S/C12H15FN2O2/c13-11-4-2-1-3-9(11)7-10-8-17-12(16)15(10)6-5-14/h1-4,10H,5-8,14H2. The number of carbonyl (C=O) groups is 1. The topological polar surface area (TPSA) is 55.6 Å². The van der Waals surface area contributed by atoms with Crippen molar-refractivity contribution in [3.05, 3.63) is 35.6 Å². The molecule has 2 N–H and O–H groups in total. The normalized spacial score (nSPS) is 19.5. The highest BCUT2D eigenvalue weighted by molar-refractivity contribution is 5.70. The Hall–Kier alpha value is -1.62. The van der Waals surface area contributed by atoms with E-state index < -0.39 is 0 Å². The maximum atomic E-state index is 13.5. The molecule has 1 atom stereocenters. The maximum absolute atomic E-state index is 13.5. The number of carbonyl (C=O) groups excluding carboxylic acids is 1. The summed E-state index contributed by atoms with van der Waals surface area (Å²) in [5.41, 5.74) is 6.03. The molecule has 0 radical (unpaired) electrons. The van der Waals surface area contributed by atoms with E-state index in [0.717, 1.165) is 0 Å². The quantitative estimate of drug-likeness (QED) is 0.856. The molecule has 1 saturated heterocycles. The molecule has 0 spiro atoms. The Morgan fingerprint density at radius 2 is 2.24 bits per heavy atom. The summed E-state index contributed by atoms with van der Waals surface area (Å²) >= 11 is 0. The third kappa shape index (κ3) is 2.55. The van der Waals surface area contributed by atoms with Crippen LogP contribution in [0.5, 0.6) is 0 Å². The van der Waals surface area contributed by atoms with Gasteiger partial charge in [-0.3, -0.25) is 0 Å². The van der Waals surface area contributed by atoms with Gasteiger partial charge in [0.05, 0.1) is 6.04 Å². The maximum Gasteiger partial charge on any atom is 0.410 e. The summed E-state index contributed by atoms with van der Waals surface area (Å²) in [7, 11) is 0. The van der Waals surface area contributed by atoms with Crippen molar-refractivity contribution in [2.45, 2.75) is 12.5 Å². The summed E-state index contributed by atoms with van der Waals surface area (Å²) in [6.07, 6.45) is 0.0927. The SMILES string of the molecule is NCCN1C(=O)OCC1Cc1ccccc1F. The molecule has 92 valence electrons. The van der Waals surface area contributed by atoms with Crippen LogP contribution in [-0.4, -0.2) is 36.7 Å². The lowest BCUT2D eigenvalue weighted by Crippen LogP contribution is -2.38. The van der Waals surface area contributed by atoms with Crippen molar-refractivity contribution in [1.82, 2.24) is 4.90 Å². The molecule has 1 aliphatic rings. The number of halogens is 1. The summed E-state index contributed by atoms with van der Waals surface area (Å²) < 4.78 is 18.4. The highest BCUT2D eigenvalue weighted by atomic mass is 19.1. The van der Waals surface area contributed by atoms with Crippen molar-refractivity contribution >= 4 is 6.09 Å². The molecule has 0 bridgehead atoms. The molecule has 0 aliphatic carbocycles. The molecular weight excluding hydrogens is 223 g/mol. The van der Waals surface area contributed by atoms with E-state index in [0.29, 0.717) is 31.7 Å². The third-order valence-electron chi connectivity index (χ3n) is 2.86. The molecule has 17 heavy (non-hydrogen) atoms. The first-order valence-corrected chi connectivity index (χ1v) is 5.59. The van der Waals surface area contributed by atoms with Gasteiger partial charge >= 0.3 is 6.09 Å². The van der Waals surface area contributed by atoms with Gasteiger partial charge in [-0.25, -0.2) is 9.18 Å². The van der Waals surface area contributed by atoms with E-state index in [-0.39, 0.29) is 18.0 Å². The molecule has 1 fully saturated rings. The summed E-state index contributed by atoms with van der Waals surface area (Å²) in [6, 6.07) is 6.44. The fourth-order valence-electron chi connectivity index (χ4n) is 1.99. The molecule has 1 unspecified atom stereocenters. The number of benzene rings is 1. The molecule has 1 aliphatic heterocycles. The summed E-state index contributed by atoms with van der Waals surface area (Å²) in [5, 5.41) is 0. The summed E-state index contributed by atoms with van der Waals surface area (Å²) in [6.45, 7) is 1.12. The summed E-state index contributed by atoms with van der Waals surface area (Å²) in [4.78, 5) is 13.0. The number of amides is 1. The lowest BCUT2D eigenvalue weighted by molar-refractivity contribution is 0.158. The van der Waals surface area contributed by atoms with Crippen LogP contribution in [0.1, 0.15) is 5.56 Å². The number of hydrogen-bond acceptors (Lipinski definition) is 3. The number of rotatable bonds is 4. The Kier molecular flexibility index (Phi) is 3.58. The van der Waals surface area contributed by atoms with Gasteiger partial charge in [-0.2, -0.15) is 0 Å². The van der Waals surface area contributed by atoms with E-state index >= 15 is 0 Å². The summed E-state index contributed by atoms with van der Waals surface area (Å²) in [5.74, 6) is -0.250. The van der Waals surface area contributed by atoms with Gasteiger partial charge in [0, 0.05) is 13.1 Å². The second kappa shape index (κ2) is 5.14. The molecule has 2 rings (SSSR count). The smallest absolute Gasteiger partial charge is 0.410 e. The fourth-order valence-corrected chi connectivity index (χ4v) is 1.99. The largest absolute Gasteiger partial charge is 0.447 e. The first kappa shape index (κ1) is 11.9. The molecule has 1 heterocycles. The Balaban J connectivity index is 2.08. The Morgan fingerprint density at radius 3 is 2.94 bits per heavy atom. The minimum absolute atomic E-state index is 0.122. The zero-order valence-electron chi connectivity index (χ0n) is 9.43. The highest BCUT2D eigenvalue weighted by Gasteiger charge is 2.32. The third-order valence-corrected chi connectivity index (χ3v) is 2.86. The highest BCUT2D eigenvalue weighted by Crippen LogP contribution is 2.18. The van der Waals surface area contributed by atoms with Crippen LogP contribution < -0.4 is 5.73 Å². The first-order chi connectivity index (χ1) is 8.22. The van der Waals surface area contributed by atoms with E-state index in [2.05, 4.69) is 0 Å². The second-order valence-electron chi connectivity index (χ2n) is 4.01. The van der Waals surface area contributed by atoms with Crippen molar-refractivity contribution in [1.29, 1.82) is 0 Å². The molecule has 1 aromatic rings. The van der Waals surface area contributed by atoms with Gasteiger partial charge in [0.2, 0.25) is 0 Å². The van der Waals surface area contributed by atoms with E-state index in [1.807, 2.05) is 0 Å². The average molecular weight is 238 g/mol. The van der Waals surface area contributed by atoms with E-state index in [4.69, 9.17) is 10.5 Å². The lowest BCUT2D eigenvalue weighted by atomic mass is 10.1. The van der Waals surface area contributed by atoms with Crippen molar-refractivity contribution in [3.8, 4) is 0 Å². The van der Waals surface area contributed by atoms with Gasteiger partial charge in [0.15, 0.2) is 0 Å². The van der Waals surface area contributed by atoms with Crippen molar-refractivity contribution in [2.75, 3.05) is 19.7 Å². The molecule has 0 saturated carbocycles. The van der Waals surface area contributed by atoms with Crippen LogP contribution >= 0.6 is 0 Å². The van der Waals surface area contributed by atoms with E-state index in [1.165, 1.54) is 6.07 Å². The molecule has 1 aromatic carbocycles. The van der Waals surface area contributed by atoms with Crippen LogP contribution in [0.3, 0.4) is 0 Å². The zero-order chi connectivity index (χ0) is 12.3. The van der Waals surface area contributed by atoms with Crippen LogP contribution in [0, 0.1) is 5.82 Å². The molecular formula is C12H15FN2O2. The minimum Gasteiger partial charge on any atom is -0.447 e. The Labute approximate surface area is 99.2 Å². The van der Waals surface area contributed by atoms with Crippen LogP contribution in [0.4, 0.5) is 9.18 Å².